The van der Waals surface area contributed by atoms with Gasteiger partial charge in [0.15, 0.2) is 0 Å². The van der Waals surface area contributed by atoms with Gasteiger partial charge in [0.1, 0.15) is 0 Å². The normalized spacial score (nSPS) is 24.7. The fraction of sp³-hybridized carbons (Fsp3) is 0.417. The van der Waals surface area contributed by atoms with E-state index in [1.807, 2.05) is 24.3 Å². The molecule has 0 spiro atoms. The minimum Gasteiger partial charge on any atom is -0.465 e. The van der Waals surface area contributed by atoms with Crippen LogP contribution < -0.4 is 0 Å². The van der Waals surface area contributed by atoms with Crippen molar-refractivity contribution in [2.75, 3.05) is 6.54 Å². The first kappa shape index (κ1) is 12.4. The molecule has 0 saturated carbocycles. The van der Waals surface area contributed by atoms with Crippen LogP contribution in [0.5, 0.6) is 0 Å². The summed E-state index contributed by atoms with van der Waals surface area (Å²) in [5.41, 5.74) is 0.925. The standard InChI is InChI=1S/C12H14BrNO3/c13-9-3-1-8(2-4-9)11-7-10(15)5-6-14(11)12(16)17/h1-4,10-11,15H,5-7H2,(H,16,17). The summed E-state index contributed by atoms with van der Waals surface area (Å²) in [6.07, 6.45) is -0.364. The molecule has 2 unspecified atom stereocenters. The zero-order chi connectivity index (χ0) is 12.4. The van der Waals surface area contributed by atoms with Gasteiger partial charge in [-0.3, -0.25) is 0 Å². The van der Waals surface area contributed by atoms with Crippen molar-refractivity contribution in [3.63, 3.8) is 0 Å². The first-order valence-corrected chi connectivity index (χ1v) is 6.30. The van der Waals surface area contributed by atoms with Crippen LogP contribution in [0.1, 0.15) is 24.4 Å². The number of hydrogen-bond donors (Lipinski definition) is 2. The summed E-state index contributed by atoms with van der Waals surface area (Å²) < 4.78 is 0.958. The second kappa shape index (κ2) is 5.06. The molecular formula is C12H14BrNO3. The molecule has 1 fully saturated rings. The number of piperidine rings is 1. The first-order chi connectivity index (χ1) is 8.08. The third-order valence-corrected chi connectivity index (χ3v) is 3.60. The van der Waals surface area contributed by atoms with E-state index in [2.05, 4.69) is 15.9 Å². The fourth-order valence-electron chi connectivity index (χ4n) is 2.18. The molecule has 0 aromatic heterocycles. The van der Waals surface area contributed by atoms with Crippen molar-refractivity contribution in [2.45, 2.75) is 25.0 Å². The maximum absolute atomic E-state index is 11.1. The van der Waals surface area contributed by atoms with Crippen molar-refractivity contribution in [3.05, 3.63) is 34.3 Å². The number of hydrogen-bond acceptors (Lipinski definition) is 2. The van der Waals surface area contributed by atoms with E-state index in [4.69, 9.17) is 5.11 Å². The van der Waals surface area contributed by atoms with Gasteiger partial charge in [-0.1, -0.05) is 28.1 Å². The highest BCUT2D eigenvalue weighted by Crippen LogP contribution is 2.31. The number of aliphatic hydroxyl groups is 1. The minimum atomic E-state index is -0.926. The van der Waals surface area contributed by atoms with Crippen molar-refractivity contribution in [2.24, 2.45) is 0 Å². The average molecular weight is 300 g/mol. The third-order valence-electron chi connectivity index (χ3n) is 3.08. The highest BCUT2D eigenvalue weighted by molar-refractivity contribution is 9.10. The summed E-state index contributed by atoms with van der Waals surface area (Å²) in [4.78, 5) is 12.5. The molecule has 17 heavy (non-hydrogen) atoms. The third kappa shape index (κ3) is 2.79. The Morgan fingerprint density at radius 1 is 1.35 bits per heavy atom. The van der Waals surface area contributed by atoms with Gasteiger partial charge in [-0.2, -0.15) is 0 Å². The molecule has 1 aliphatic heterocycles. The van der Waals surface area contributed by atoms with E-state index in [9.17, 15) is 9.90 Å². The van der Waals surface area contributed by atoms with Crippen molar-refractivity contribution < 1.29 is 15.0 Å². The van der Waals surface area contributed by atoms with E-state index < -0.39 is 12.2 Å². The van der Waals surface area contributed by atoms with E-state index in [0.717, 1.165) is 10.0 Å². The molecule has 1 amide bonds. The molecule has 0 bridgehead atoms. The number of amides is 1. The Balaban J connectivity index is 2.25. The Morgan fingerprint density at radius 2 is 2.00 bits per heavy atom. The molecular weight excluding hydrogens is 286 g/mol. The van der Waals surface area contributed by atoms with Gasteiger partial charge in [0.05, 0.1) is 12.1 Å². The molecule has 2 N–H and O–H groups in total. The number of benzene rings is 1. The van der Waals surface area contributed by atoms with Crippen molar-refractivity contribution in [1.82, 2.24) is 4.90 Å². The molecule has 1 aromatic carbocycles. The Kier molecular flexibility index (Phi) is 3.69. The molecule has 1 saturated heterocycles. The summed E-state index contributed by atoms with van der Waals surface area (Å²) in [7, 11) is 0. The zero-order valence-electron chi connectivity index (χ0n) is 9.21. The number of carboxylic acid groups (broad SMARTS) is 1. The average Bonchev–Trinajstić information content (AvgIpc) is 2.29. The van der Waals surface area contributed by atoms with Gasteiger partial charge in [-0.25, -0.2) is 4.79 Å². The molecule has 1 aliphatic rings. The summed E-state index contributed by atoms with van der Waals surface area (Å²) in [6, 6.07) is 7.31. The molecule has 92 valence electrons. The highest BCUT2D eigenvalue weighted by atomic mass is 79.9. The van der Waals surface area contributed by atoms with Gasteiger partial charge in [0.2, 0.25) is 0 Å². The van der Waals surface area contributed by atoms with Crippen LogP contribution in [0.3, 0.4) is 0 Å². The molecule has 0 radical (unpaired) electrons. The highest BCUT2D eigenvalue weighted by Gasteiger charge is 2.31. The first-order valence-electron chi connectivity index (χ1n) is 5.51. The van der Waals surface area contributed by atoms with Crippen LogP contribution >= 0.6 is 15.9 Å². The van der Waals surface area contributed by atoms with Crippen molar-refractivity contribution in [3.8, 4) is 0 Å². The maximum Gasteiger partial charge on any atom is 0.407 e. The van der Waals surface area contributed by atoms with Gasteiger partial charge in [0, 0.05) is 11.0 Å². The van der Waals surface area contributed by atoms with Crippen molar-refractivity contribution in [1.29, 1.82) is 0 Å². The number of halogens is 1. The summed E-state index contributed by atoms with van der Waals surface area (Å²) >= 11 is 3.35. The van der Waals surface area contributed by atoms with E-state index >= 15 is 0 Å². The van der Waals surface area contributed by atoms with Gasteiger partial charge in [-0.15, -0.1) is 0 Å². The molecule has 1 aromatic rings. The summed E-state index contributed by atoms with van der Waals surface area (Å²) in [5.74, 6) is 0. The van der Waals surface area contributed by atoms with Gasteiger partial charge < -0.3 is 15.1 Å². The summed E-state index contributed by atoms with van der Waals surface area (Å²) in [6.45, 7) is 0.386. The Labute approximate surface area is 108 Å². The molecule has 5 heteroatoms. The zero-order valence-corrected chi connectivity index (χ0v) is 10.8. The number of rotatable bonds is 1. The molecule has 4 nitrogen and oxygen atoms in total. The van der Waals surface area contributed by atoms with Crippen LogP contribution in [-0.4, -0.2) is 33.9 Å². The lowest BCUT2D eigenvalue weighted by Gasteiger charge is -2.36. The lowest BCUT2D eigenvalue weighted by molar-refractivity contribution is 0.0424. The van der Waals surface area contributed by atoms with E-state index in [1.54, 1.807) is 0 Å². The van der Waals surface area contributed by atoms with Crippen LogP contribution in [0.15, 0.2) is 28.7 Å². The van der Waals surface area contributed by atoms with E-state index in [0.29, 0.717) is 19.4 Å². The SMILES string of the molecule is O=C(O)N1CCC(O)CC1c1ccc(Br)cc1. The quantitative estimate of drug-likeness (QED) is 0.838. The minimum absolute atomic E-state index is 0.246. The van der Waals surface area contributed by atoms with Crippen LogP contribution in [0.25, 0.3) is 0 Å². The molecule has 2 rings (SSSR count). The Hall–Kier alpha value is -1.07. The number of aliphatic hydroxyl groups excluding tert-OH is 1. The maximum atomic E-state index is 11.1. The Morgan fingerprint density at radius 3 is 2.59 bits per heavy atom. The van der Waals surface area contributed by atoms with Crippen LogP contribution in [0.4, 0.5) is 4.79 Å². The monoisotopic (exact) mass is 299 g/mol. The van der Waals surface area contributed by atoms with Crippen LogP contribution in [0.2, 0.25) is 0 Å². The second-order valence-corrected chi connectivity index (χ2v) is 5.14. The van der Waals surface area contributed by atoms with Crippen molar-refractivity contribution >= 4 is 22.0 Å². The largest absolute Gasteiger partial charge is 0.465 e. The number of carbonyl (C=O) groups is 1. The number of nitrogens with zero attached hydrogens (tertiary/aromatic N) is 1. The molecule has 2 atom stereocenters. The lowest BCUT2D eigenvalue weighted by atomic mass is 9.94. The smallest absolute Gasteiger partial charge is 0.407 e. The molecule has 1 heterocycles. The lowest BCUT2D eigenvalue weighted by Crippen LogP contribution is -2.41. The predicted molar refractivity (Wildman–Crippen MR) is 66.9 cm³/mol. The van der Waals surface area contributed by atoms with Gasteiger partial charge in [0.25, 0.3) is 0 Å². The van der Waals surface area contributed by atoms with Crippen LogP contribution in [0, 0.1) is 0 Å². The fourth-order valence-corrected chi connectivity index (χ4v) is 2.44. The summed E-state index contributed by atoms with van der Waals surface area (Å²) in [5, 5.41) is 18.8. The Bertz CT molecular complexity index is 407. The predicted octanol–water partition coefficient (Wildman–Crippen LogP) is 2.62. The topological polar surface area (TPSA) is 60.8 Å². The van der Waals surface area contributed by atoms with E-state index in [-0.39, 0.29) is 6.04 Å². The van der Waals surface area contributed by atoms with E-state index in [1.165, 1.54) is 4.90 Å². The van der Waals surface area contributed by atoms with Gasteiger partial charge in [-0.05, 0) is 30.5 Å². The van der Waals surface area contributed by atoms with Gasteiger partial charge >= 0.3 is 6.09 Å². The number of likely N-dealkylation sites (tertiary alicyclic amines) is 1. The van der Waals surface area contributed by atoms with Crippen LogP contribution in [-0.2, 0) is 0 Å². The molecule has 0 aliphatic carbocycles. The second-order valence-electron chi connectivity index (χ2n) is 4.22.